The molecule has 0 unspecified atom stereocenters. The number of hydrogen-bond acceptors (Lipinski definition) is 5. The summed E-state index contributed by atoms with van der Waals surface area (Å²) in [5.74, 6) is 2.31. The number of benzene rings is 1. The lowest BCUT2D eigenvalue weighted by Crippen LogP contribution is -2.33. The maximum atomic E-state index is 11.8. The number of fused-ring (bicyclic) bond motifs is 1. The average molecular weight is 510 g/mol. The Kier molecular flexibility index (Phi) is 8.42. The monoisotopic (exact) mass is 510 g/mol. The van der Waals surface area contributed by atoms with Gasteiger partial charge in [-0.1, -0.05) is 0 Å². The lowest BCUT2D eigenvalue weighted by molar-refractivity contribution is 0.297. The molecule has 2 aliphatic rings. The molecule has 0 amide bonds. The van der Waals surface area contributed by atoms with Crippen LogP contribution in [0.2, 0.25) is 0 Å². The molecule has 0 aliphatic carbocycles. The van der Waals surface area contributed by atoms with Crippen LogP contribution in [0.1, 0.15) is 19.8 Å². The van der Waals surface area contributed by atoms with Crippen LogP contribution in [0.3, 0.4) is 0 Å². The second kappa shape index (κ2) is 10.3. The van der Waals surface area contributed by atoms with Crippen LogP contribution in [-0.2, 0) is 10.0 Å². The molecule has 1 saturated heterocycles. The van der Waals surface area contributed by atoms with E-state index >= 15 is 0 Å². The molecule has 0 bridgehead atoms. The number of hydrogen-bond donors (Lipinski definition) is 2. The largest absolute Gasteiger partial charge is 0.490 e. The normalized spacial score (nSPS) is 19.1. The molecule has 3 rings (SSSR count). The van der Waals surface area contributed by atoms with Crippen molar-refractivity contribution < 1.29 is 17.9 Å². The van der Waals surface area contributed by atoms with Gasteiger partial charge in [0.1, 0.15) is 0 Å². The summed E-state index contributed by atoms with van der Waals surface area (Å²) >= 11 is 0. The minimum absolute atomic E-state index is 0. The number of anilines is 1. The van der Waals surface area contributed by atoms with Crippen LogP contribution in [0.15, 0.2) is 23.2 Å². The fraction of sp³-hybridized carbons (Fsp3) is 0.588. The standard InChI is InChI=1S/C17H26N4O4S.HI/c1-2-18-17(19-7-9-21-8-3-12-26(21,22)23)20-14-5-6-15-16(13-14)25-11-4-10-24-15;/h5-6,13H,2-4,7-12H2,1H3,(H2,18,19,20);1H. The van der Waals surface area contributed by atoms with Crippen molar-refractivity contribution >= 4 is 45.6 Å². The molecule has 0 atom stereocenters. The Morgan fingerprint density at radius 1 is 1.22 bits per heavy atom. The Hall–Kier alpha value is -1.27. The topological polar surface area (TPSA) is 92.3 Å². The summed E-state index contributed by atoms with van der Waals surface area (Å²) in [6.45, 7) is 5.37. The molecule has 2 N–H and O–H groups in total. The van der Waals surface area contributed by atoms with Crippen molar-refractivity contribution in [3.05, 3.63) is 18.2 Å². The Morgan fingerprint density at radius 2 is 2.00 bits per heavy atom. The third kappa shape index (κ3) is 6.11. The van der Waals surface area contributed by atoms with Crippen LogP contribution in [0.5, 0.6) is 11.5 Å². The number of nitrogens with one attached hydrogen (secondary N) is 2. The van der Waals surface area contributed by atoms with Crippen LogP contribution in [0.25, 0.3) is 0 Å². The van der Waals surface area contributed by atoms with E-state index in [0.29, 0.717) is 57.5 Å². The van der Waals surface area contributed by atoms with Gasteiger partial charge in [-0.05, 0) is 25.5 Å². The summed E-state index contributed by atoms with van der Waals surface area (Å²) < 4.78 is 36.5. The molecule has 0 saturated carbocycles. The Balaban J connectivity index is 0.00000261. The summed E-state index contributed by atoms with van der Waals surface area (Å²) in [5, 5.41) is 6.40. The predicted octanol–water partition coefficient (Wildman–Crippen LogP) is 1.88. The van der Waals surface area contributed by atoms with Crippen molar-refractivity contribution in [2.24, 2.45) is 4.99 Å². The van der Waals surface area contributed by atoms with E-state index in [0.717, 1.165) is 17.9 Å². The number of rotatable bonds is 5. The zero-order valence-corrected chi connectivity index (χ0v) is 18.6. The van der Waals surface area contributed by atoms with Gasteiger partial charge in [0.15, 0.2) is 17.5 Å². The van der Waals surface area contributed by atoms with Crippen LogP contribution >= 0.6 is 24.0 Å². The molecule has 1 aromatic carbocycles. The first-order chi connectivity index (χ1) is 12.6. The lowest BCUT2D eigenvalue weighted by atomic mass is 10.3. The van der Waals surface area contributed by atoms with Gasteiger partial charge in [-0.25, -0.2) is 12.7 Å². The molecule has 8 nitrogen and oxygen atoms in total. The molecule has 27 heavy (non-hydrogen) atoms. The highest BCUT2D eigenvalue weighted by Crippen LogP contribution is 2.32. The number of aliphatic imine (C=N–C) groups is 1. The smallest absolute Gasteiger partial charge is 0.214 e. The fourth-order valence-electron chi connectivity index (χ4n) is 2.90. The molecule has 0 spiro atoms. The molecule has 1 aromatic rings. The first kappa shape index (κ1) is 22.0. The Morgan fingerprint density at radius 3 is 2.70 bits per heavy atom. The Labute approximate surface area is 177 Å². The van der Waals surface area contributed by atoms with E-state index in [1.165, 1.54) is 4.31 Å². The quantitative estimate of drug-likeness (QED) is 0.357. The van der Waals surface area contributed by atoms with Crippen molar-refractivity contribution in [3.63, 3.8) is 0 Å². The molecule has 10 heteroatoms. The van der Waals surface area contributed by atoms with Gasteiger partial charge in [-0.3, -0.25) is 4.99 Å². The van der Waals surface area contributed by atoms with E-state index in [9.17, 15) is 8.42 Å². The minimum atomic E-state index is -3.08. The first-order valence-electron chi connectivity index (χ1n) is 9.01. The number of nitrogens with zero attached hydrogens (tertiary/aromatic N) is 2. The first-order valence-corrected chi connectivity index (χ1v) is 10.6. The number of halogens is 1. The van der Waals surface area contributed by atoms with E-state index in [1.54, 1.807) is 0 Å². The van der Waals surface area contributed by atoms with Crippen molar-refractivity contribution in [2.45, 2.75) is 19.8 Å². The predicted molar refractivity (Wildman–Crippen MR) is 117 cm³/mol. The maximum absolute atomic E-state index is 11.8. The number of sulfonamides is 1. The van der Waals surface area contributed by atoms with Crippen molar-refractivity contribution in [1.82, 2.24) is 9.62 Å². The molecule has 2 heterocycles. The van der Waals surface area contributed by atoms with E-state index in [4.69, 9.17) is 9.47 Å². The van der Waals surface area contributed by atoms with Crippen LogP contribution in [0.4, 0.5) is 5.69 Å². The number of ether oxygens (including phenoxy) is 2. The zero-order chi connectivity index (χ0) is 18.4. The number of guanidine groups is 1. The molecular weight excluding hydrogens is 483 g/mol. The highest BCUT2D eigenvalue weighted by Gasteiger charge is 2.27. The molecule has 152 valence electrons. The van der Waals surface area contributed by atoms with Gasteiger partial charge in [0.2, 0.25) is 10.0 Å². The third-order valence-electron chi connectivity index (χ3n) is 4.18. The average Bonchev–Trinajstić information content (AvgIpc) is 2.81. The maximum Gasteiger partial charge on any atom is 0.214 e. The van der Waals surface area contributed by atoms with Gasteiger partial charge in [0.05, 0.1) is 25.5 Å². The summed E-state index contributed by atoms with van der Waals surface area (Å²) in [6, 6.07) is 5.67. The van der Waals surface area contributed by atoms with Crippen LogP contribution in [-0.4, -0.2) is 63.8 Å². The van der Waals surface area contributed by atoms with Gasteiger partial charge >= 0.3 is 0 Å². The molecule has 1 fully saturated rings. The summed E-state index contributed by atoms with van der Waals surface area (Å²) in [5.41, 5.74) is 0.836. The van der Waals surface area contributed by atoms with Crippen molar-refractivity contribution in [2.75, 3.05) is 50.5 Å². The fourth-order valence-corrected chi connectivity index (χ4v) is 4.42. The second-order valence-electron chi connectivity index (χ2n) is 6.17. The molecule has 0 aromatic heterocycles. The van der Waals surface area contributed by atoms with E-state index in [1.807, 2.05) is 25.1 Å². The summed E-state index contributed by atoms with van der Waals surface area (Å²) in [7, 11) is -3.08. The van der Waals surface area contributed by atoms with Gasteiger partial charge < -0.3 is 20.1 Å². The summed E-state index contributed by atoms with van der Waals surface area (Å²) in [6.07, 6.45) is 1.56. The second-order valence-corrected chi connectivity index (χ2v) is 8.25. The van der Waals surface area contributed by atoms with Crippen molar-refractivity contribution in [1.29, 1.82) is 0 Å². The van der Waals surface area contributed by atoms with Crippen molar-refractivity contribution in [3.8, 4) is 11.5 Å². The highest BCUT2D eigenvalue weighted by molar-refractivity contribution is 14.0. The van der Waals surface area contributed by atoms with Gasteiger partial charge in [-0.2, -0.15) is 0 Å². The third-order valence-corrected chi connectivity index (χ3v) is 6.13. The zero-order valence-electron chi connectivity index (χ0n) is 15.4. The van der Waals surface area contributed by atoms with Gasteiger partial charge in [-0.15, -0.1) is 24.0 Å². The molecule has 2 aliphatic heterocycles. The Bertz CT molecular complexity index is 757. The minimum Gasteiger partial charge on any atom is -0.490 e. The SMILES string of the molecule is CCNC(=NCCN1CCCS1(=O)=O)Nc1ccc2c(c1)OCCCO2.I. The van der Waals surface area contributed by atoms with E-state index in [-0.39, 0.29) is 29.7 Å². The molecular formula is C17H27IN4O4S. The van der Waals surface area contributed by atoms with E-state index < -0.39 is 10.0 Å². The molecule has 0 radical (unpaired) electrons. The lowest BCUT2D eigenvalue weighted by Gasteiger charge is -2.15. The van der Waals surface area contributed by atoms with Gasteiger partial charge in [0.25, 0.3) is 0 Å². The van der Waals surface area contributed by atoms with Crippen LogP contribution in [0, 0.1) is 0 Å². The van der Waals surface area contributed by atoms with Crippen LogP contribution < -0.4 is 20.1 Å². The summed E-state index contributed by atoms with van der Waals surface area (Å²) in [4.78, 5) is 4.48. The highest BCUT2D eigenvalue weighted by atomic mass is 127. The van der Waals surface area contributed by atoms with E-state index in [2.05, 4.69) is 15.6 Å². The van der Waals surface area contributed by atoms with Gasteiger partial charge in [0, 0.05) is 37.8 Å².